The third-order valence-electron chi connectivity index (χ3n) is 8.92. The summed E-state index contributed by atoms with van der Waals surface area (Å²) in [6.07, 6.45) is 4.92. The Morgan fingerprint density at radius 1 is 0.962 bits per heavy atom. The van der Waals surface area contributed by atoms with E-state index < -0.39 is 34.6 Å². The number of nitrogens with one attached hydrogen (secondary N) is 2. The molecule has 1 saturated carbocycles. The molecule has 1 aromatic carbocycles. The molecule has 0 saturated heterocycles. The van der Waals surface area contributed by atoms with Crippen LogP contribution in [0.1, 0.15) is 110 Å². The highest BCUT2D eigenvalue weighted by molar-refractivity contribution is 6.09. The van der Waals surface area contributed by atoms with Crippen molar-refractivity contribution in [3.63, 3.8) is 0 Å². The number of halogens is 1. The Hall–Kier alpha value is -4.81. The number of benzene rings is 1. The molecule has 0 radical (unpaired) electrons. The van der Waals surface area contributed by atoms with Crippen LogP contribution in [0.4, 0.5) is 25.4 Å². The summed E-state index contributed by atoms with van der Waals surface area (Å²) in [5, 5.41) is 5.65. The van der Waals surface area contributed by atoms with Crippen LogP contribution in [0.15, 0.2) is 35.0 Å². The number of hydrogen-bond acceptors (Lipinski definition) is 8. The molecule has 0 unspecified atom stereocenters. The Kier molecular flexibility index (Phi) is 11.1. The lowest BCUT2D eigenvalue weighted by Crippen LogP contribution is -2.40. The summed E-state index contributed by atoms with van der Waals surface area (Å²) in [6.45, 7) is 16.5. The minimum atomic E-state index is -1.02. The van der Waals surface area contributed by atoms with Crippen LogP contribution in [0.2, 0.25) is 0 Å². The number of hydrogen-bond donors (Lipinski definition) is 2. The first-order valence-electron chi connectivity index (χ1n) is 18.1. The van der Waals surface area contributed by atoms with Gasteiger partial charge in [0.1, 0.15) is 22.9 Å². The normalized spacial score (nSPS) is 16.3. The summed E-state index contributed by atoms with van der Waals surface area (Å²) in [5.74, 6) is -1.08. The van der Waals surface area contributed by atoms with Gasteiger partial charge >= 0.3 is 12.2 Å². The Morgan fingerprint density at radius 2 is 1.63 bits per heavy atom. The molecule has 1 aromatic heterocycles. The first-order valence-corrected chi connectivity index (χ1v) is 18.1. The van der Waals surface area contributed by atoms with Crippen LogP contribution >= 0.6 is 0 Å². The quantitative estimate of drug-likeness (QED) is 0.295. The van der Waals surface area contributed by atoms with Gasteiger partial charge in [-0.1, -0.05) is 13.8 Å². The number of aromatic nitrogens is 1. The molecule has 2 N–H and O–H groups in total. The molecule has 5 rings (SSSR count). The maximum absolute atomic E-state index is 16.2. The number of amidine groups is 1. The Morgan fingerprint density at radius 3 is 2.25 bits per heavy atom. The lowest BCUT2D eigenvalue weighted by molar-refractivity contribution is -0.127. The maximum atomic E-state index is 16.2. The van der Waals surface area contributed by atoms with E-state index in [4.69, 9.17) is 9.47 Å². The summed E-state index contributed by atoms with van der Waals surface area (Å²) in [4.78, 5) is 65.8. The number of carbonyl (C=O) groups is 4. The molecule has 0 bridgehead atoms. The smallest absolute Gasteiger partial charge is 0.413 e. The van der Waals surface area contributed by atoms with E-state index in [1.54, 1.807) is 42.8 Å². The van der Waals surface area contributed by atoms with Gasteiger partial charge in [-0.2, -0.15) is 0 Å². The van der Waals surface area contributed by atoms with Crippen LogP contribution in [0.25, 0.3) is 6.08 Å². The van der Waals surface area contributed by atoms with E-state index in [1.807, 2.05) is 40.7 Å². The summed E-state index contributed by atoms with van der Waals surface area (Å²) >= 11 is 0. The third-order valence-corrected chi connectivity index (χ3v) is 8.92. The summed E-state index contributed by atoms with van der Waals surface area (Å²) < 4.78 is 27.2. The minimum absolute atomic E-state index is 0.0478. The van der Waals surface area contributed by atoms with Gasteiger partial charge in [0.15, 0.2) is 0 Å². The van der Waals surface area contributed by atoms with E-state index in [9.17, 15) is 19.2 Å². The predicted molar refractivity (Wildman–Crippen MR) is 197 cm³/mol. The zero-order valence-electron chi connectivity index (χ0n) is 31.6. The van der Waals surface area contributed by atoms with E-state index in [1.165, 1.54) is 12.1 Å². The second kappa shape index (κ2) is 15.0. The van der Waals surface area contributed by atoms with Crippen LogP contribution in [-0.4, -0.2) is 75.5 Å². The number of carbonyl (C=O) groups excluding carboxylic acids is 4. The number of pyridine rings is 1. The van der Waals surface area contributed by atoms with Gasteiger partial charge in [-0.05, 0) is 103 Å². The molecular formula is C39H51FN6O6. The van der Waals surface area contributed by atoms with E-state index in [-0.39, 0.29) is 40.9 Å². The maximum Gasteiger partial charge on any atom is 0.413 e. The lowest BCUT2D eigenvalue weighted by atomic mass is 9.92. The van der Waals surface area contributed by atoms with Crippen molar-refractivity contribution >= 4 is 47.3 Å². The molecule has 2 aromatic rings. The molecule has 0 atom stereocenters. The van der Waals surface area contributed by atoms with E-state index in [0.717, 1.165) is 24.1 Å². The van der Waals surface area contributed by atoms with Gasteiger partial charge in [-0.3, -0.25) is 19.9 Å². The Bertz CT molecular complexity index is 1800. The number of alkyl carbamates (subject to hydrolysis) is 1. The topological polar surface area (TPSA) is 143 Å². The van der Waals surface area contributed by atoms with Crippen molar-refractivity contribution in [3.8, 4) is 0 Å². The fourth-order valence-electron chi connectivity index (χ4n) is 6.39. The number of fused-ring (bicyclic) bond motifs is 2. The number of rotatable bonds is 8. The molecule has 0 spiro atoms. The van der Waals surface area contributed by atoms with Crippen molar-refractivity contribution in [3.05, 3.63) is 58.2 Å². The van der Waals surface area contributed by atoms with E-state index >= 15 is 4.39 Å². The van der Waals surface area contributed by atoms with E-state index in [2.05, 4.69) is 20.6 Å². The zero-order chi connectivity index (χ0) is 38.0. The second-order valence-corrected chi connectivity index (χ2v) is 15.7. The van der Waals surface area contributed by atoms with Crippen LogP contribution < -0.4 is 10.6 Å². The Labute approximate surface area is 305 Å². The average Bonchev–Trinajstić information content (AvgIpc) is 3.87. The van der Waals surface area contributed by atoms with Crippen molar-refractivity contribution in [2.75, 3.05) is 25.0 Å². The van der Waals surface area contributed by atoms with Gasteiger partial charge in [-0.25, -0.2) is 19.0 Å². The summed E-state index contributed by atoms with van der Waals surface area (Å²) in [6, 6.07) is 4.81. The van der Waals surface area contributed by atoms with Gasteiger partial charge in [0, 0.05) is 49.3 Å². The molecule has 1 aliphatic carbocycles. The van der Waals surface area contributed by atoms with Crippen LogP contribution in [-0.2, 0) is 37.4 Å². The number of aliphatic imine (C=N–C) groups is 1. The molecule has 3 heterocycles. The van der Waals surface area contributed by atoms with Crippen LogP contribution in [0.3, 0.4) is 0 Å². The van der Waals surface area contributed by atoms with Gasteiger partial charge in [0.2, 0.25) is 11.8 Å². The van der Waals surface area contributed by atoms with Gasteiger partial charge < -0.3 is 24.6 Å². The standard InChI is InChI=1S/C39H51FN6O6/c1-9-14-45(15-10-2)33(47)24-18-28-29(40)20-26(21-31(28)43-32(19-24)44-35(49)51-37(3,4)5)39(12-13-39)34(48)42-27-17-25-23-46(16-11-30(25)41-22-27)36(50)52-38(6,7)8/h17-18,20-22H,9-16,19,23H2,1-8H3,(H,42,48)(H,43,44,49). The second-order valence-electron chi connectivity index (χ2n) is 15.7. The largest absolute Gasteiger partial charge is 0.444 e. The molecule has 4 amide bonds. The summed E-state index contributed by atoms with van der Waals surface area (Å²) in [7, 11) is 0. The molecule has 1 fully saturated rings. The SMILES string of the molecule is CCCN(CCC)C(=O)C1=Cc2c(F)cc(C3(C(=O)Nc4cnc5c(c4)CN(C(=O)OC(C)(C)C)CC5)CC3)cc2N=C(NC(=O)OC(C)(C)C)C1. The predicted octanol–water partition coefficient (Wildman–Crippen LogP) is 7.17. The minimum Gasteiger partial charge on any atom is -0.444 e. The average molecular weight is 719 g/mol. The molecule has 2 aliphatic heterocycles. The highest BCUT2D eigenvalue weighted by atomic mass is 19.1. The number of amides is 4. The first-order chi connectivity index (χ1) is 24.4. The fourth-order valence-corrected chi connectivity index (χ4v) is 6.39. The molecule has 3 aliphatic rings. The lowest BCUT2D eigenvalue weighted by Gasteiger charge is -2.31. The monoisotopic (exact) mass is 718 g/mol. The van der Waals surface area contributed by atoms with E-state index in [0.29, 0.717) is 56.7 Å². The highest BCUT2D eigenvalue weighted by Crippen LogP contribution is 2.51. The van der Waals surface area contributed by atoms with Crippen molar-refractivity contribution in [1.29, 1.82) is 0 Å². The highest BCUT2D eigenvalue weighted by Gasteiger charge is 2.52. The van der Waals surface area contributed by atoms with Gasteiger partial charge in [-0.15, -0.1) is 0 Å². The number of anilines is 1. The molecule has 280 valence electrons. The van der Waals surface area contributed by atoms with Crippen molar-refractivity contribution in [2.24, 2.45) is 4.99 Å². The molecule has 52 heavy (non-hydrogen) atoms. The first kappa shape index (κ1) is 38.4. The zero-order valence-corrected chi connectivity index (χ0v) is 31.6. The number of ether oxygens (including phenoxy) is 2. The molecule has 12 nitrogen and oxygen atoms in total. The van der Waals surface area contributed by atoms with Crippen molar-refractivity contribution in [2.45, 2.75) is 117 Å². The summed E-state index contributed by atoms with van der Waals surface area (Å²) in [5.41, 5.74) is 0.713. The van der Waals surface area contributed by atoms with Crippen LogP contribution in [0.5, 0.6) is 0 Å². The third kappa shape index (κ3) is 9.15. The number of nitrogens with zero attached hydrogens (tertiary/aromatic N) is 4. The van der Waals surface area contributed by atoms with Crippen molar-refractivity contribution in [1.82, 2.24) is 20.1 Å². The molecule has 13 heteroatoms. The molecular weight excluding hydrogens is 667 g/mol. The Balaban J connectivity index is 1.43. The van der Waals surface area contributed by atoms with Crippen LogP contribution in [0, 0.1) is 5.82 Å². The van der Waals surface area contributed by atoms with Gasteiger partial charge in [0.05, 0.1) is 29.5 Å². The van der Waals surface area contributed by atoms with Crippen molar-refractivity contribution < 1.29 is 33.0 Å². The fraction of sp³-hybridized carbons (Fsp3) is 0.538. The van der Waals surface area contributed by atoms with Gasteiger partial charge in [0.25, 0.3) is 0 Å².